The predicted octanol–water partition coefficient (Wildman–Crippen LogP) is 4.37. The number of rotatable bonds is 3. The molecule has 2 aromatic carbocycles. The second-order valence-corrected chi connectivity index (χ2v) is 5.67. The molecule has 3 nitrogen and oxygen atoms in total. The van der Waals surface area contributed by atoms with Crippen molar-refractivity contribution in [2.24, 2.45) is 0 Å². The van der Waals surface area contributed by atoms with E-state index in [1.807, 2.05) is 0 Å². The maximum Gasteiger partial charge on any atom is 0.416 e. The Hall–Kier alpha value is -2.31. The summed E-state index contributed by atoms with van der Waals surface area (Å²) in [4.78, 5) is 6.89. The highest BCUT2D eigenvalue weighted by molar-refractivity contribution is 6.30. The molecule has 24 heavy (non-hydrogen) atoms. The molecule has 0 radical (unpaired) electrons. The second kappa shape index (κ2) is 5.96. The molecule has 3 rings (SSSR count). The Morgan fingerprint density at radius 2 is 1.38 bits per heavy atom. The molecule has 0 spiro atoms. The van der Waals surface area contributed by atoms with Gasteiger partial charge in [-0.1, -0.05) is 35.9 Å². The van der Waals surface area contributed by atoms with E-state index in [1.54, 1.807) is 24.3 Å². The third-order valence-electron chi connectivity index (χ3n) is 3.73. The Morgan fingerprint density at radius 1 is 0.875 bits per heavy atom. The van der Waals surface area contributed by atoms with Crippen molar-refractivity contribution in [2.45, 2.75) is 11.8 Å². The standard InChI is InChI=1S/C17H12ClF3N2O/c18-14-7-5-12(6-8-14)16(24,15-22-9-10-23-15)11-1-3-13(4-2-11)17(19,20)21/h1-10,24H,(H,22,23). The number of aliphatic hydroxyl groups is 1. The SMILES string of the molecule is OC(c1ccc(Cl)cc1)(c1ccc(C(F)(F)F)cc1)c1ncc[nH]1. The fourth-order valence-corrected chi connectivity index (χ4v) is 2.62. The molecule has 0 amide bonds. The summed E-state index contributed by atoms with van der Waals surface area (Å²) in [6.45, 7) is 0. The number of alkyl halides is 3. The van der Waals surface area contributed by atoms with Gasteiger partial charge in [0, 0.05) is 17.4 Å². The predicted molar refractivity (Wildman–Crippen MR) is 83.6 cm³/mol. The van der Waals surface area contributed by atoms with E-state index in [4.69, 9.17) is 11.6 Å². The Balaban J connectivity index is 2.14. The van der Waals surface area contributed by atoms with Crippen molar-refractivity contribution in [1.29, 1.82) is 0 Å². The number of nitrogens with zero attached hydrogens (tertiary/aromatic N) is 1. The summed E-state index contributed by atoms with van der Waals surface area (Å²) in [5.41, 5.74) is -1.82. The lowest BCUT2D eigenvalue weighted by Gasteiger charge is -2.27. The van der Waals surface area contributed by atoms with Gasteiger partial charge in [-0.2, -0.15) is 13.2 Å². The van der Waals surface area contributed by atoms with Crippen LogP contribution in [-0.2, 0) is 11.8 Å². The molecule has 0 aliphatic carbocycles. The number of imidazole rings is 1. The van der Waals surface area contributed by atoms with Crippen LogP contribution in [0.25, 0.3) is 0 Å². The van der Waals surface area contributed by atoms with Crippen LogP contribution in [0, 0.1) is 0 Å². The van der Waals surface area contributed by atoms with Crippen molar-refractivity contribution >= 4 is 11.6 Å². The number of halogens is 4. The van der Waals surface area contributed by atoms with E-state index >= 15 is 0 Å². The average Bonchev–Trinajstić information content (AvgIpc) is 3.09. The average molecular weight is 353 g/mol. The fourth-order valence-electron chi connectivity index (χ4n) is 2.49. The Kier molecular flexibility index (Phi) is 4.11. The van der Waals surface area contributed by atoms with Crippen LogP contribution in [0.4, 0.5) is 13.2 Å². The van der Waals surface area contributed by atoms with Crippen LogP contribution in [0.2, 0.25) is 5.02 Å². The summed E-state index contributed by atoms with van der Waals surface area (Å²) in [7, 11) is 0. The molecule has 1 heterocycles. The zero-order chi connectivity index (χ0) is 17.4. The summed E-state index contributed by atoms with van der Waals surface area (Å²) in [6.07, 6.45) is -1.46. The van der Waals surface area contributed by atoms with Crippen molar-refractivity contribution in [3.63, 3.8) is 0 Å². The molecule has 1 atom stereocenters. The minimum atomic E-state index is -4.44. The van der Waals surface area contributed by atoms with E-state index < -0.39 is 17.3 Å². The van der Waals surface area contributed by atoms with Gasteiger partial charge in [0.2, 0.25) is 0 Å². The van der Waals surface area contributed by atoms with Crippen LogP contribution in [0.1, 0.15) is 22.5 Å². The zero-order valence-corrected chi connectivity index (χ0v) is 12.9. The molecular formula is C17H12ClF3N2O. The molecule has 1 unspecified atom stereocenters. The molecule has 0 aliphatic heterocycles. The minimum Gasteiger partial charge on any atom is -0.373 e. The van der Waals surface area contributed by atoms with Crippen LogP contribution in [0.15, 0.2) is 60.9 Å². The van der Waals surface area contributed by atoms with Crippen LogP contribution < -0.4 is 0 Å². The quantitative estimate of drug-likeness (QED) is 0.735. The lowest BCUT2D eigenvalue weighted by Crippen LogP contribution is -2.30. The summed E-state index contributed by atoms with van der Waals surface area (Å²) >= 11 is 5.87. The van der Waals surface area contributed by atoms with Gasteiger partial charge in [0.15, 0.2) is 5.60 Å². The topological polar surface area (TPSA) is 48.9 Å². The van der Waals surface area contributed by atoms with E-state index in [9.17, 15) is 18.3 Å². The van der Waals surface area contributed by atoms with Crippen molar-refractivity contribution in [3.05, 3.63) is 88.5 Å². The van der Waals surface area contributed by atoms with Crippen molar-refractivity contribution < 1.29 is 18.3 Å². The van der Waals surface area contributed by atoms with Gasteiger partial charge in [-0.15, -0.1) is 0 Å². The van der Waals surface area contributed by atoms with Gasteiger partial charge in [-0.25, -0.2) is 4.98 Å². The molecular weight excluding hydrogens is 341 g/mol. The molecule has 1 aromatic heterocycles. The van der Waals surface area contributed by atoms with Gasteiger partial charge in [-0.3, -0.25) is 0 Å². The van der Waals surface area contributed by atoms with Gasteiger partial charge >= 0.3 is 6.18 Å². The smallest absolute Gasteiger partial charge is 0.373 e. The highest BCUT2D eigenvalue weighted by Crippen LogP contribution is 2.37. The normalized spacial score (nSPS) is 14.4. The summed E-state index contributed by atoms with van der Waals surface area (Å²) in [5, 5.41) is 11.8. The highest BCUT2D eigenvalue weighted by Gasteiger charge is 2.37. The first kappa shape index (κ1) is 16.5. The van der Waals surface area contributed by atoms with E-state index in [-0.39, 0.29) is 11.4 Å². The second-order valence-electron chi connectivity index (χ2n) is 5.23. The number of aromatic amines is 1. The summed E-state index contributed by atoms with van der Waals surface area (Å²) in [5.74, 6) is 0.199. The number of hydrogen-bond donors (Lipinski definition) is 2. The molecule has 7 heteroatoms. The van der Waals surface area contributed by atoms with Gasteiger partial charge in [0.05, 0.1) is 5.56 Å². The van der Waals surface area contributed by atoms with Crippen molar-refractivity contribution in [1.82, 2.24) is 9.97 Å². The van der Waals surface area contributed by atoms with Crippen LogP contribution in [-0.4, -0.2) is 15.1 Å². The Labute approximate surface area is 140 Å². The zero-order valence-electron chi connectivity index (χ0n) is 12.2. The van der Waals surface area contributed by atoms with Gasteiger partial charge in [0.1, 0.15) is 5.82 Å². The van der Waals surface area contributed by atoms with E-state index in [1.165, 1.54) is 24.5 Å². The maximum absolute atomic E-state index is 12.8. The molecule has 0 fully saturated rings. The number of hydrogen-bond acceptors (Lipinski definition) is 2. The van der Waals surface area contributed by atoms with E-state index in [2.05, 4.69) is 9.97 Å². The minimum absolute atomic E-state index is 0.199. The van der Waals surface area contributed by atoms with Crippen molar-refractivity contribution in [2.75, 3.05) is 0 Å². The summed E-state index contributed by atoms with van der Waals surface area (Å²) < 4.78 is 38.3. The first-order valence-electron chi connectivity index (χ1n) is 6.98. The molecule has 0 bridgehead atoms. The molecule has 0 aliphatic rings. The maximum atomic E-state index is 12.8. The molecule has 3 aromatic rings. The van der Waals surface area contributed by atoms with Crippen LogP contribution in [0.3, 0.4) is 0 Å². The third kappa shape index (κ3) is 2.90. The van der Waals surface area contributed by atoms with Gasteiger partial charge < -0.3 is 10.1 Å². The monoisotopic (exact) mass is 352 g/mol. The molecule has 0 saturated carbocycles. The van der Waals surface area contributed by atoms with Crippen LogP contribution in [0.5, 0.6) is 0 Å². The lowest BCUT2D eigenvalue weighted by molar-refractivity contribution is -0.137. The number of aromatic nitrogens is 2. The fraction of sp³-hybridized carbons (Fsp3) is 0.118. The van der Waals surface area contributed by atoms with Crippen molar-refractivity contribution in [3.8, 4) is 0 Å². The van der Waals surface area contributed by atoms with E-state index in [0.717, 1.165) is 12.1 Å². The first-order chi connectivity index (χ1) is 11.3. The first-order valence-corrected chi connectivity index (χ1v) is 7.35. The largest absolute Gasteiger partial charge is 0.416 e. The van der Waals surface area contributed by atoms with Crippen LogP contribution >= 0.6 is 11.6 Å². The third-order valence-corrected chi connectivity index (χ3v) is 3.98. The summed E-state index contributed by atoms with van der Waals surface area (Å²) in [6, 6.07) is 10.7. The number of benzene rings is 2. The van der Waals surface area contributed by atoms with E-state index in [0.29, 0.717) is 10.6 Å². The molecule has 0 saturated heterocycles. The highest BCUT2D eigenvalue weighted by atomic mass is 35.5. The molecule has 124 valence electrons. The number of H-pyrrole nitrogens is 1. The Morgan fingerprint density at radius 3 is 1.83 bits per heavy atom. The number of nitrogens with one attached hydrogen (secondary N) is 1. The van der Waals surface area contributed by atoms with Gasteiger partial charge in [-0.05, 0) is 35.4 Å². The molecule has 2 N–H and O–H groups in total. The van der Waals surface area contributed by atoms with Gasteiger partial charge in [0.25, 0.3) is 0 Å². The Bertz CT molecular complexity index is 815. The lowest BCUT2D eigenvalue weighted by atomic mass is 9.85.